The summed E-state index contributed by atoms with van der Waals surface area (Å²) in [5.74, 6) is -0.854. The summed E-state index contributed by atoms with van der Waals surface area (Å²) in [5.41, 5.74) is 5.92. The number of halogens is 1. The molecule has 7 nitrogen and oxygen atoms in total. The first-order valence-electron chi connectivity index (χ1n) is 8.73. The number of carbonyl (C=O) groups excluding carboxylic acids is 2. The van der Waals surface area contributed by atoms with Gasteiger partial charge in [-0.25, -0.2) is 8.42 Å². The van der Waals surface area contributed by atoms with Crippen molar-refractivity contribution in [2.24, 2.45) is 11.7 Å². The SMILES string of the molecule is NC(=O)C1CCN(C(=O)c2cccc(S(=O)(=O)Nc3cccc(Cl)c3)c2)CC1. The molecule has 0 aliphatic carbocycles. The predicted octanol–water partition coefficient (Wildman–Crippen LogP) is 2.48. The third-order valence-corrected chi connectivity index (χ3v) is 6.27. The van der Waals surface area contributed by atoms with Gasteiger partial charge in [-0.2, -0.15) is 0 Å². The number of primary amides is 1. The minimum absolute atomic E-state index is 0.0228. The van der Waals surface area contributed by atoms with E-state index < -0.39 is 10.0 Å². The quantitative estimate of drug-likeness (QED) is 0.772. The summed E-state index contributed by atoms with van der Waals surface area (Å²) in [6.07, 6.45) is 1.02. The molecule has 1 aliphatic heterocycles. The van der Waals surface area contributed by atoms with Crippen LogP contribution in [0.1, 0.15) is 23.2 Å². The van der Waals surface area contributed by atoms with E-state index in [9.17, 15) is 18.0 Å². The van der Waals surface area contributed by atoms with Gasteiger partial charge in [0, 0.05) is 29.6 Å². The van der Waals surface area contributed by atoms with E-state index >= 15 is 0 Å². The Balaban J connectivity index is 1.76. The van der Waals surface area contributed by atoms with Gasteiger partial charge >= 0.3 is 0 Å². The lowest BCUT2D eigenvalue weighted by Crippen LogP contribution is -2.41. The highest BCUT2D eigenvalue weighted by Gasteiger charge is 2.27. The maximum atomic E-state index is 12.7. The number of nitrogens with zero attached hydrogens (tertiary/aromatic N) is 1. The molecule has 1 saturated heterocycles. The molecule has 3 N–H and O–H groups in total. The molecule has 0 aromatic heterocycles. The maximum absolute atomic E-state index is 12.7. The Labute approximate surface area is 168 Å². The van der Waals surface area contributed by atoms with Crippen LogP contribution in [-0.2, 0) is 14.8 Å². The molecule has 1 heterocycles. The number of hydrogen-bond donors (Lipinski definition) is 2. The van der Waals surface area contributed by atoms with Gasteiger partial charge in [0.05, 0.1) is 10.6 Å². The molecule has 0 atom stereocenters. The van der Waals surface area contributed by atoms with E-state index in [0.717, 1.165) is 0 Å². The van der Waals surface area contributed by atoms with Gasteiger partial charge in [-0.05, 0) is 49.2 Å². The average Bonchev–Trinajstić information content (AvgIpc) is 2.67. The van der Waals surface area contributed by atoms with Crippen LogP contribution in [0.2, 0.25) is 5.02 Å². The number of amides is 2. The van der Waals surface area contributed by atoms with Crippen molar-refractivity contribution in [3.63, 3.8) is 0 Å². The number of rotatable bonds is 5. The van der Waals surface area contributed by atoms with Gasteiger partial charge in [0.2, 0.25) is 5.91 Å². The van der Waals surface area contributed by atoms with Crippen LogP contribution in [0.4, 0.5) is 5.69 Å². The zero-order valence-electron chi connectivity index (χ0n) is 15.0. The summed E-state index contributed by atoms with van der Waals surface area (Å²) < 4.78 is 27.8. The van der Waals surface area contributed by atoms with E-state index in [1.54, 1.807) is 29.2 Å². The smallest absolute Gasteiger partial charge is 0.261 e. The van der Waals surface area contributed by atoms with Gasteiger partial charge in [0.25, 0.3) is 15.9 Å². The molecular formula is C19H20ClN3O4S. The molecule has 0 spiro atoms. The van der Waals surface area contributed by atoms with E-state index in [1.807, 2.05) is 0 Å². The van der Waals surface area contributed by atoms with Crippen molar-refractivity contribution in [3.05, 3.63) is 59.1 Å². The van der Waals surface area contributed by atoms with E-state index in [-0.39, 0.29) is 28.2 Å². The van der Waals surface area contributed by atoms with Gasteiger partial charge in [0.15, 0.2) is 0 Å². The number of piperidine rings is 1. The molecule has 1 fully saturated rings. The van der Waals surface area contributed by atoms with Crippen molar-refractivity contribution in [2.45, 2.75) is 17.7 Å². The molecular weight excluding hydrogens is 402 g/mol. The molecule has 2 aromatic rings. The first-order chi connectivity index (χ1) is 13.3. The topological polar surface area (TPSA) is 110 Å². The fraction of sp³-hybridized carbons (Fsp3) is 0.263. The van der Waals surface area contributed by atoms with E-state index in [2.05, 4.69) is 4.72 Å². The van der Waals surface area contributed by atoms with Crippen molar-refractivity contribution in [1.82, 2.24) is 4.90 Å². The fourth-order valence-electron chi connectivity index (χ4n) is 3.11. The number of carbonyl (C=O) groups is 2. The first kappa shape index (κ1) is 20.2. The second kappa shape index (κ2) is 8.20. The molecule has 3 rings (SSSR count). The Kier molecular flexibility index (Phi) is 5.90. The van der Waals surface area contributed by atoms with Gasteiger partial charge < -0.3 is 10.6 Å². The number of nitrogens with one attached hydrogen (secondary N) is 1. The summed E-state index contributed by atoms with van der Waals surface area (Å²) in [4.78, 5) is 25.6. The zero-order chi connectivity index (χ0) is 20.3. The first-order valence-corrected chi connectivity index (χ1v) is 10.6. The lowest BCUT2D eigenvalue weighted by molar-refractivity contribution is -0.123. The van der Waals surface area contributed by atoms with Crippen LogP contribution in [0.15, 0.2) is 53.4 Å². The Hall–Kier alpha value is -2.58. The minimum Gasteiger partial charge on any atom is -0.369 e. The Morgan fingerprint density at radius 2 is 1.75 bits per heavy atom. The normalized spacial score (nSPS) is 15.2. The number of likely N-dealkylation sites (tertiary alicyclic amines) is 1. The highest BCUT2D eigenvalue weighted by atomic mass is 35.5. The molecule has 0 radical (unpaired) electrons. The van der Waals surface area contributed by atoms with Crippen LogP contribution >= 0.6 is 11.6 Å². The van der Waals surface area contributed by atoms with Gasteiger partial charge in [-0.1, -0.05) is 23.7 Å². The average molecular weight is 422 g/mol. The maximum Gasteiger partial charge on any atom is 0.261 e. The van der Waals surface area contributed by atoms with Gasteiger partial charge in [-0.15, -0.1) is 0 Å². The Morgan fingerprint density at radius 1 is 1.07 bits per heavy atom. The Morgan fingerprint density at radius 3 is 2.39 bits per heavy atom. The number of anilines is 1. The van der Waals surface area contributed by atoms with Crippen molar-refractivity contribution >= 4 is 39.1 Å². The number of nitrogens with two attached hydrogens (primary N) is 1. The van der Waals surface area contributed by atoms with E-state index in [0.29, 0.717) is 36.6 Å². The van der Waals surface area contributed by atoms with Crippen molar-refractivity contribution < 1.29 is 18.0 Å². The number of sulfonamides is 1. The summed E-state index contributed by atoms with van der Waals surface area (Å²) in [6.45, 7) is 0.814. The largest absolute Gasteiger partial charge is 0.369 e. The monoisotopic (exact) mass is 421 g/mol. The van der Waals surface area contributed by atoms with Crippen LogP contribution in [0.25, 0.3) is 0 Å². The van der Waals surface area contributed by atoms with Crippen LogP contribution in [0.5, 0.6) is 0 Å². The fourth-order valence-corrected chi connectivity index (χ4v) is 4.40. The van der Waals surface area contributed by atoms with Crippen LogP contribution < -0.4 is 10.5 Å². The summed E-state index contributed by atoms with van der Waals surface area (Å²) in [6, 6.07) is 12.2. The standard InChI is InChI=1S/C19H20ClN3O4S/c20-15-4-2-5-16(12-15)22-28(26,27)17-6-1-3-14(11-17)19(25)23-9-7-13(8-10-23)18(21)24/h1-6,11-13,22H,7-10H2,(H2,21,24). The molecule has 2 amide bonds. The number of hydrogen-bond acceptors (Lipinski definition) is 4. The number of benzene rings is 2. The second-order valence-electron chi connectivity index (χ2n) is 6.61. The van der Waals surface area contributed by atoms with E-state index in [1.165, 1.54) is 24.3 Å². The summed E-state index contributed by atoms with van der Waals surface area (Å²) in [5, 5.41) is 0.406. The lowest BCUT2D eigenvalue weighted by atomic mass is 9.96. The molecule has 0 saturated carbocycles. The molecule has 0 unspecified atom stereocenters. The van der Waals surface area contributed by atoms with E-state index in [4.69, 9.17) is 17.3 Å². The molecule has 148 valence electrons. The summed E-state index contributed by atoms with van der Waals surface area (Å²) in [7, 11) is -3.88. The molecule has 0 bridgehead atoms. The molecule has 28 heavy (non-hydrogen) atoms. The highest BCUT2D eigenvalue weighted by Crippen LogP contribution is 2.22. The van der Waals surface area contributed by atoms with Crippen LogP contribution in [0, 0.1) is 5.92 Å². The molecule has 2 aromatic carbocycles. The zero-order valence-corrected chi connectivity index (χ0v) is 16.5. The van der Waals surface area contributed by atoms with Crippen LogP contribution in [0.3, 0.4) is 0 Å². The second-order valence-corrected chi connectivity index (χ2v) is 8.73. The van der Waals surface area contributed by atoms with Gasteiger partial charge in [-0.3, -0.25) is 14.3 Å². The van der Waals surface area contributed by atoms with Crippen LogP contribution in [-0.4, -0.2) is 38.2 Å². The van der Waals surface area contributed by atoms with Crippen molar-refractivity contribution in [2.75, 3.05) is 17.8 Å². The third-order valence-electron chi connectivity index (χ3n) is 4.65. The summed E-state index contributed by atoms with van der Waals surface area (Å²) >= 11 is 5.89. The third kappa shape index (κ3) is 4.63. The molecule has 9 heteroatoms. The minimum atomic E-state index is -3.88. The Bertz CT molecular complexity index is 1000. The van der Waals surface area contributed by atoms with Crippen molar-refractivity contribution in [1.29, 1.82) is 0 Å². The lowest BCUT2D eigenvalue weighted by Gasteiger charge is -2.30. The van der Waals surface area contributed by atoms with Crippen molar-refractivity contribution in [3.8, 4) is 0 Å². The van der Waals surface area contributed by atoms with Gasteiger partial charge in [0.1, 0.15) is 0 Å². The molecule has 1 aliphatic rings. The predicted molar refractivity (Wildman–Crippen MR) is 107 cm³/mol. The highest BCUT2D eigenvalue weighted by molar-refractivity contribution is 7.92.